The molecule has 3 heterocycles. The average Bonchev–Trinajstić information content (AvgIpc) is 3.57. The van der Waals surface area contributed by atoms with Crippen LogP contribution in [0.3, 0.4) is 0 Å². The number of carbonyl (C=O) groups is 2. The number of alkyl halides is 3. The molecule has 2 N–H and O–H groups in total. The van der Waals surface area contributed by atoms with E-state index >= 15 is 0 Å². The highest BCUT2D eigenvalue weighted by Gasteiger charge is 2.38. The van der Waals surface area contributed by atoms with Crippen molar-refractivity contribution >= 4 is 29.5 Å². The molecule has 1 aliphatic rings. The lowest BCUT2D eigenvalue weighted by Crippen LogP contribution is -2.31. The predicted molar refractivity (Wildman–Crippen MR) is 137 cm³/mol. The molecule has 1 atom stereocenters. The van der Waals surface area contributed by atoms with Gasteiger partial charge in [0.2, 0.25) is 0 Å². The number of carboxylic acid groups (broad SMARTS) is 1. The van der Waals surface area contributed by atoms with Crippen molar-refractivity contribution in [2.45, 2.75) is 25.6 Å². The molecule has 0 saturated heterocycles. The van der Waals surface area contributed by atoms with Gasteiger partial charge in [-0.15, -0.1) is 0 Å². The summed E-state index contributed by atoms with van der Waals surface area (Å²) in [6, 6.07) is 18.9. The maximum absolute atomic E-state index is 12.9. The number of urea groups is 1. The van der Waals surface area contributed by atoms with E-state index in [2.05, 4.69) is 32.3 Å². The van der Waals surface area contributed by atoms with E-state index < -0.39 is 12.1 Å². The second kappa shape index (κ2) is 11.5. The number of fused-ring (bicyclic) bond motifs is 1. The van der Waals surface area contributed by atoms with Crippen molar-refractivity contribution in [3.63, 3.8) is 0 Å². The van der Waals surface area contributed by atoms with E-state index in [1.807, 2.05) is 67.6 Å². The van der Waals surface area contributed by atoms with Gasteiger partial charge in [0.25, 0.3) is 0 Å². The van der Waals surface area contributed by atoms with Crippen molar-refractivity contribution < 1.29 is 27.9 Å². The fraction of sp³-hybridized carbons (Fsp3) is 0.148. The number of nitrogens with zero attached hydrogens (tertiary/aromatic N) is 5. The number of nitrogens with one attached hydrogen (secondary N) is 1. The Morgan fingerprint density at radius 3 is 2.54 bits per heavy atom. The van der Waals surface area contributed by atoms with E-state index in [0.717, 1.165) is 22.3 Å². The van der Waals surface area contributed by atoms with Crippen LogP contribution in [-0.4, -0.2) is 49.1 Å². The largest absolute Gasteiger partial charge is 0.490 e. The van der Waals surface area contributed by atoms with Crippen LogP contribution in [0.25, 0.3) is 5.65 Å². The molecule has 1 unspecified atom stereocenters. The minimum atomic E-state index is -5.08. The summed E-state index contributed by atoms with van der Waals surface area (Å²) in [5.74, 6) is 3.55. The molecule has 0 spiro atoms. The molecule has 1 aliphatic heterocycles. The van der Waals surface area contributed by atoms with E-state index in [9.17, 15) is 18.0 Å². The zero-order chi connectivity index (χ0) is 28.0. The zero-order valence-corrected chi connectivity index (χ0v) is 20.4. The van der Waals surface area contributed by atoms with Gasteiger partial charge in [0.1, 0.15) is 5.69 Å². The molecule has 2 aromatic carbocycles. The van der Waals surface area contributed by atoms with Gasteiger partial charge in [0, 0.05) is 30.1 Å². The van der Waals surface area contributed by atoms with Gasteiger partial charge in [-0.3, -0.25) is 0 Å². The Balaban J connectivity index is 0.000000448. The van der Waals surface area contributed by atoms with E-state index in [1.165, 1.54) is 5.01 Å². The van der Waals surface area contributed by atoms with Crippen LogP contribution < -0.4 is 5.32 Å². The van der Waals surface area contributed by atoms with Crippen LogP contribution in [0.15, 0.2) is 78.2 Å². The highest BCUT2D eigenvalue weighted by Crippen LogP contribution is 2.28. The Hall–Kier alpha value is -5.18. The lowest BCUT2D eigenvalue weighted by molar-refractivity contribution is -0.192. The molecule has 5 rings (SSSR count). The number of imidazole rings is 1. The molecule has 0 fully saturated rings. The first kappa shape index (κ1) is 26.9. The van der Waals surface area contributed by atoms with Gasteiger partial charge >= 0.3 is 18.2 Å². The van der Waals surface area contributed by atoms with Crippen LogP contribution >= 0.6 is 0 Å². The summed E-state index contributed by atoms with van der Waals surface area (Å²) in [7, 11) is 0. The lowest BCUT2D eigenvalue weighted by Gasteiger charge is -2.22. The second-order valence-electron chi connectivity index (χ2n) is 8.25. The van der Waals surface area contributed by atoms with E-state index in [4.69, 9.17) is 9.90 Å². The molecule has 0 aliphatic carbocycles. The number of aromatic nitrogens is 3. The van der Waals surface area contributed by atoms with Gasteiger partial charge < -0.3 is 10.4 Å². The molecule has 198 valence electrons. The number of hydrazone groups is 1. The number of amides is 2. The fourth-order valence-electron chi connectivity index (χ4n) is 3.62. The normalized spacial score (nSPS) is 14.3. The minimum Gasteiger partial charge on any atom is -0.475 e. The zero-order valence-electron chi connectivity index (χ0n) is 20.4. The third kappa shape index (κ3) is 6.58. The van der Waals surface area contributed by atoms with Crippen LogP contribution in [0.1, 0.15) is 34.8 Å². The Bertz CT molecular complexity index is 1590. The molecule has 2 amide bonds. The molecule has 9 nitrogen and oxygen atoms in total. The smallest absolute Gasteiger partial charge is 0.475 e. The van der Waals surface area contributed by atoms with Crippen LogP contribution in [0.4, 0.5) is 23.7 Å². The van der Waals surface area contributed by atoms with Gasteiger partial charge in [-0.2, -0.15) is 23.4 Å². The molecule has 0 radical (unpaired) electrons. The summed E-state index contributed by atoms with van der Waals surface area (Å²) < 4.78 is 33.4. The number of hydrogen-bond donors (Lipinski definition) is 2. The second-order valence-corrected chi connectivity index (χ2v) is 8.25. The third-order valence-electron chi connectivity index (χ3n) is 5.56. The number of aliphatic carboxylic acids is 1. The summed E-state index contributed by atoms with van der Waals surface area (Å²) in [6.07, 6.45) is 0.777. The number of carbonyl (C=O) groups excluding carboxylic acids is 1. The van der Waals surface area contributed by atoms with Crippen LogP contribution in [0, 0.1) is 18.8 Å². The van der Waals surface area contributed by atoms with E-state index in [1.54, 1.807) is 23.1 Å². The average molecular weight is 534 g/mol. The standard InChI is InChI=1S/C25H20N6O.C2HF3O2/c1-18-9-11-21(16-20(18)10-12-22-17-26-24-8-5-14-27-30(22)24)29-25(32)31-23(13-15-28-31)19-6-3-2-4-7-19;3-2(4,5)1(6)7/h2-9,11,14-17,23H,13H2,1H3,(H,29,32);(H,6,7). The lowest BCUT2D eigenvalue weighted by atomic mass is 10.1. The quantitative estimate of drug-likeness (QED) is 0.350. The minimum absolute atomic E-state index is 0.108. The van der Waals surface area contributed by atoms with Crippen molar-refractivity contribution in [1.82, 2.24) is 19.6 Å². The maximum Gasteiger partial charge on any atom is 0.490 e. The van der Waals surface area contributed by atoms with Gasteiger partial charge in [-0.25, -0.2) is 24.1 Å². The maximum atomic E-state index is 12.9. The number of hydrogen-bond acceptors (Lipinski definition) is 5. The van der Waals surface area contributed by atoms with Crippen LogP contribution in [0.5, 0.6) is 0 Å². The Morgan fingerprint density at radius 1 is 1.08 bits per heavy atom. The number of halogens is 3. The molecule has 0 saturated carbocycles. The molecule has 4 aromatic rings. The van der Waals surface area contributed by atoms with Gasteiger partial charge in [0.05, 0.1) is 12.2 Å². The SMILES string of the molecule is Cc1ccc(NC(=O)N2N=CCC2c2ccccc2)cc1C#Cc1cnc2cccnn12.O=C(O)C(F)(F)F. The van der Waals surface area contributed by atoms with Gasteiger partial charge in [0.15, 0.2) is 5.65 Å². The van der Waals surface area contributed by atoms with E-state index in [0.29, 0.717) is 17.8 Å². The molecule has 39 heavy (non-hydrogen) atoms. The highest BCUT2D eigenvalue weighted by molar-refractivity contribution is 5.91. The topological polar surface area (TPSA) is 112 Å². The number of aryl methyl sites for hydroxylation is 1. The first-order chi connectivity index (χ1) is 18.6. The van der Waals surface area contributed by atoms with Crippen LogP contribution in [0.2, 0.25) is 0 Å². The number of rotatable bonds is 2. The Labute approximate surface area is 220 Å². The first-order valence-corrected chi connectivity index (χ1v) is 11.5. The molecule has 2 aromatic heterocycles. The van der Waals surface area contributed by atoms with Crippen LogP contribution in [-0.2, 0) is 4.79 Å². The van der Waals surface area contributed by atoms with Crippen molar-refractivity contribution in [3.8, 4) is 11.8 Å². The van der Waals surface area contributed by atoms with Crippen molar-refractivity contribution in [1.29, 1.82) is 0 Å². The Kier molecular flexibility index (Phi) is 7.90. The molecular weight excluding hydrogens is 513 g/mol. The van der Waals surface area contributed by atoms with Crippen molar-refractivity contribution in [2.75, 3.05) is 5.32 Å². The number of anilines is 1. The summed E-state index contributed by atoms with van der Waals surface area (Å²) in [4.78, 5) is 26.1. The van der Waals surface area contributed by atoms with Crippen molar-refractivity contribution in [3.05, 3.63) is 95.4 Å². The summed E-state index contributed by atoms with van der Waals surface area (Å²) in [5.41, 5.74) is 4.99. The summed E-state index contributed by atoms with van der Waals surface area (Å²) >= 11 is 0. The monoisotopic (exact) mass is 534 g/mol. The molecular formula is C27H21F3N6O3. The molecule has 12 heteroatoms. The predicted octanol–water partition coefficient (Wildman–Crippen LogP) is 5.04. The van der Waals surface area contributed by atoms with Gasteiger partial charge in [-0.1, -0.05) is 42.3 Å². The Morgan fingerprint density at radius 2 is 1.82 bits per heavy atom. The van der Waals surface area contributed by atoms with E-state index in [-0.39, 0.29) is 12.1 Å². The first-order valence-electron chi connectivity index (χ1n) is 11.5. The summed E-state index contributed by atoms with van der Waals surface area (Å²) in [6.45, 7) is 1.98. The number of carboxylic acids is 1. The summed E-state index contributed by atoms with van der Waals surface area (Å²) in [5, 5.41) is 20.1. The third-order valence-corrected chi connectivity index (χ3v) is 5.56. The highest BCUT2D eigenvalue weighted by atomic mass is 19.4. The fourth-order valence-corrected chi connectivity index (χ4v) is 3.62. The van der Waals surface area contributed by atoms with Gasteiger partial charge in [-0.05, 0) is 48.2 Å². The van der Waals surface area contributed by atoms with Crippen molar-refractivity contribution in [2.24, 2.45) is 5.10 Å². The molecule has 0 bridgehead atoms. The number of benzene rings is 2.